The van der Waals surface area contributed by atoms with E-state index in [1.807, 2.05) is 26.0 Å². The van der Waals surface area contributed by atoms with Crippen LogP contribution in [0.15, 0.2) is 24.4 Å². The molecule has 0 bridgehead atoms. The molecular weight excluding hydrogens is 328 g/mol. The number of anilines is 3. The second-order valence-corrected chi connectivity index (χ2v) is 6.69. The molecule has 0 fully saturated rings. The smallest absolute Gasteiger partial charge is 0.254 e. The van der Waals surface area contributed by atoms with Crippen LogP contribution in [0.4, 0.5) is 17.5 Å². The second-order valence-electron chi connectivity index (χ2n) is 6.69. The minimum Gasteiger partial charge on any atom is -0.365 e. The molecule has 1 amide bonds. The Hall–Kier alpha value is -2.67. The van der Waals surface area contributed by atoms with Gasteiger partial charge in [-0.3, -0.25) is 4.79 Å². The summed E-state index contributed by atoms with van der Waals surface area (Å²) in [6.45, 7) is 8.72. The van der Waals surface area contributed by atoms with E-state index in [9.17, 15) is 4.79 Å². The van der Waals surface area contributed by atoms with Crippen LogP contribution in [0.5, 0.6) is 0 Å². The van der Waals surface area contributed by atoms with Gasteiger partial charge in [-0.2, -0.15) is 4.98 Å². The van der Waals surface area contributed by atoms with Gasteiger partial charge in [0, 0.05) is 24.5 Å². The van der Waals surface area contributed by atoms with Crippen LogP contribution < -0.4 is 22.1 Å². The molecule has 6 N–H and O–H groups in total. The van der Waals surface area contributed by atoms with Gasteiger partial charge in [-0.05, 0) is 43.0 Å². The van der Waals surface area contributed by atoms with E-state index in [2.05, 4.69) is 40.5 Å². The molecule has 0 radical (unpaired) electrons. The van der Waals surface area contributed by atoms with Gasteiger partial charge in [0.1, 0.15) is 11.4 Å². The lowest BCUT2D eigenvalue weighted by Gasteiger charge is -2.23. The Balaban J connectivity index is 2.34. The molecule has 7 nitrogen and oxygen atoms in total. The van der Waals surface area contributed by atoms with E-state index in [1.54, 1.807) is 0 Å². The minimum absolute atomic E-state index is 0.0495. The monoisotopic (exact) mass is 356 g/mol. The average molecular weight is 356 g/mol. The Bertz CT molecular complexity index is 756. The predicted octanol–water partition coefficient (Wildman–Crippen LogP) is 2.72. The van der Waals surface area contributed by atoms with Crippen molar-refractivity contribution in [2.75, 3.05) is 17.2 Å². The van der Waals surface area contributed by atoms with Gasteiger partial charge >= 0.3 is 0 Å². The highest BCUT2D eigenvalue weighted by molar-refractivity contribution is 5.98. The van der Waals surface area contributed by atoms with E-state index < -0.39 is 5.91 Å². The quantitative estimate of drug-likeness (QED) is 0.577. The first kappa shape index (κ1) is 19.7. The Morgan fingerprint density at radius 1 is 1.23 bits per heavy atom. The zero-order valence-corrected chi connectivity index (χ0v) is 15.8. The van der Waals surface area contributed by atoms with Crippen molar-refractivity contribution in [2.24, 2.45) is 17.4 Å². The molecule has 1 heterocycles. The minimum atomic E-state index is -0.583. The zero-order valence-electron chi connectivity index (χ0n) is 15.8. The number of nitrogens with one attached hydrogen (secondary N) is 2. The largest absolute Gasteiger partial charge is 0.365 e. The number of carbonyl (C=O) groups excluding carboxylic acids is 1. The third kappa shape index (κ3) is 4.92. The summed E-state index contributed by atoms with van der Waals surface area (Å²) < 4.78 is 0. The maximum Gasteiger partial charge on any atom is 0.254 e. The molecule has 1 aromatic carbocycles. The SMILES string of the molecule is CCC(C)[C@H](CN)Nc1ncc(C(N)=O)c(Nc2cc(C)cc(C)c2)n1. The summed E-state index contributed by atoms with van der Waals surface area (Å²) in [5.41, 5.74) is 14.6. The lowest BCUT2D eigenvalue weighted by Crippen LogP contribution is -2.35. The Morgan fingerprint density at radius 2 is 1.88 bits per heavy atom. The van der Waals surface area contributed by atoms with Crippen LogP contribution >= 0.6 is 0 Å². The van der Waals surface area contributed by atoms with Crippen LogP contribution in [-0.2, 0) is 0 Å². The van der Waals surface area contributed by atoms with E-state index in [-0.39, 0.29) is 11.6 Å². The molecule has 1 aromatic heterocycles. The number of carbonyl (C=O) groups is 1. The summed E-state index contributed by atoms with van der Waals surface area (Å²) in [5.74, 6) is 0.577. The molecule has 1 unspecified atom stereocenters. The maximum atomic E-state index is 11.8. The molecule has 0 saturated heterocycles. The number of hydrogen-bond donors (Lipinski definition) is 4. The second kappa shape index (κ2) is 8.62. The highest BCUT2D eigenvalue weighted by Gasteiger charge is 2.17. The number of hydrogen-bond acceptors (Lipinski definition) is 6. The Kier molecular flexibility index (Phi) is 6.52. The Labute approximate surface area is 154 Å². The van der Waals surface area contributed by atoms with Gasteiger partial charge in [-0.1, -0.05) is 26.3 Å². The number of nitrogens with zero attached hydrogens (tertiary/aromatic N) is 2. The topological polar surface area (TPSA) is 119 Å². The van der Waals surface area contributed by atoms with Gasteiger partial charge < -0.3 is 22.1 Å². The van der Waals surface area contributed by atoms with Crippen LogP contribution in [0.1, 0.15) is 41.8 Å². The first-order valence-corrected chi connectivity index (χ1v) is 8.82. The molecule has 140 valence electrons. The van der Waals surface area contributed by atoms with Crippen molar-refractivity contribution in [1.82, 2.24) is 9.97 Å². The molecule has 2 atom stereocenters. The van der Waals surface area contributed by atoms with Gasteiger partial charge in [0.25, 0.3) is 5.91 Å². The predicted molar refractivity (Wildman–Crippen MR) is 106 cm³/mol. The molecule has 2 rings (SSSR count). The van der Waals surface area contributed by atoms with Crippen LogP contribution in [0.25, 0.3) is 0 Å². The summed E-state index contributed by atoms with van der Waals surface area (Å²) in [6.07, 6.45) is 2.43. The fraction of sp³-hybridized carbons (Fsp3) is 0.421. The third-order valence-corrected chi connectivity index (χ3v) is 4.44. The highest BCUT2D eigenvalue weighted by Crippen LogP contribution is 2.22. The third-order valence-electron chi connectivity index (χ3n) is 4.44. The summed E-state index contributed by atoms with van der Waals surface area (Å²) in [6, 6.07) is 6.09. The number of benzene rings is 1. The number of rotatable bonds is 8. The maximum absolute atomic E-state index is 11.8. The average Bonchev–Trinajstić information content (AvgIpc) is 2.58. The van der Waals surface area contributed by atoms with Crippen LogP contribution in [0.3, 0.4) is 0 Å². The van der Waals surface area contributed by atoms with Crippen LogP contribution in [-0.4, -0.2) is 28.5 Å². The van der Waals surface area contributed by atoms with Crippen molar-refractivity contribution in [1.29, 1.82) is 0 Å². The first-order chi connectivity index (χ1) is 12.3. The van der Waals surface area contributed by atoms with Gasteiger partial charge in [-0.15, -0.1) is 0 Å². The molecule has 0 aliphatic rings. The molecule has 26 heavy (non-hydrogen) atoms. The molecular formula is C19H28N6O. The number of aryl methyl sites for hydroxylation is 2. The van der Waals surface area contributed by atoms with Crippen molar-refractivity contribution < 1.29 is 4.79 Å². The molecule has 0 aliphatic heterocycles. The van der Waals surface area contributed by atoms with E-state index in [0.29, 0.717) is 24.2 Å². The van der Waals surface area contributed by atoms with Crippen molar-refractivity contribution in [3.63, 3.8) is 0 Å². The summed E-state index contributed by atoms with van der Waals surface area (Å²) in [4.78, 5) is 20.4. The van der Waals surface area contributed by atoms with Crippen LogP contribution in [0, 0.1) is 19.8 Å². The van der Waals surface area contributed by atoms with Crippen molar-refractivity contribution in [3.8, 4) is 0 Å². The summed E-state index contributed by atoms with van der Waals surface area (Å²) in [7, 11) is 0. The van der Waals surface area contributed by atoms with Gasteiger partial charge in [0.05, 0.1) is 0 Å². The lowest BCUT2D eigenvalue weighted by atomic mass is 9.99. The fourth-order valence-corrected chi connectivity index (χ4v) is 2.79. The Morgan fingerprint density at radius 3 is 2.42 bits per heavy atom. The summed E-state index contributed by atoms with van der Waals surface area (Å²) in [5, 5.41) is 6.44. The molecule has 0 saturated carbocycles. The fourth-order valence-electron chi connectivity index (χ4n) is 2.79. The molecule has 0 aliphatic carbocycles. The number of nitrogens with two attached hydrogens (primary N) is 2. The van der Waals surface area contributed by atoms with Gasteiger partial charge in [0.2, 0.25) is 5.95 Å². The van der Waals surface area contributed by atoms with Gasteiger partial charge in [-0.25, -0.2) is 4.98 Å². The molecule has 2 aromatic rings. The van der Waals surface area contributed by atoms with Crippen molar-refractivity contribution in [3.05, 3.63) is 41.1 Å². The van der Waals surface area contributed by atoms with E-state index in [0.717, 1.165) is 23.2 Å². The van der Waals surface area contributed by atoms with Crippen LogP contribution in [0.2, 0.25) is 0 Å². The molecule has 7 heteroatoms. The number of aromatic nitrogens is 2. The van der Waals surface area contributed by atoms with E-state index >= 15 is 0 Å². The van der Waals surface area contributed by atoms with E-state index in [4.69, 9.17) is 11.5 Å². The van der Waals surface area contributed by atoms with Crippen molar-refractivity contribution in [2.45, 2.75) is 40.2 Å². The normalized spacial score (nSPS) is 13.1. The zero-order chi connectivity index (χ0) is 19.3. The summed E-state index contributed by atoms with van der Waals surface area (Å²) >= 11 is 0. The molecule has 0 spiro atoms. The first-order valence-electron chi connectivity index (χ1n) is 8.82. The lowest BCUT2D eigenvalue weighted by molar-refractivity contribution is 0.100. The van der Waals surface area contributed by atoms with Gasteiger partial charge in [0.15, 0.2) is 0 Å². The van der Waals surface area contributed by atoms with E-state index in [1.165, 1.54) is 6.20 Å². The highest BCUT2D eigenvalue weighted by atomic mass is 16.1. The van der Waals surface area contributed by atoms with Crippen molar-refractivity contribution >= 4 is 23.4 Å². The number of primary amides is 1. The number of amides is 1. The standard InChI is InChI=1S/C19H28N6O/c1-5-13(4)16(9-20)24-19-22-10-15(17(21)26)18(25-19)23-14-7-11(2)6-12(3)8-14/h6-8,10,13,16H,5,9,20H2,1-4H3,(H2,21,26)(H2,22,23,24,25)/t13?,16-/m0/s1.